The van der Waals surface area contributed by atoms with E-state index in [0.29, 0.717) is 23.8 Å². The van der Waals surface area contributed by atoms with Crippen molar-refractivity contribution < 1.29 is 19.8 Å². The molecule has 0 bridgehead atoms. The summed E-state index contributed by atoms with van der Waals surface area (Å²) < 4.78 is 0. The van der Waals surface area contributed by atoms with E-state index in [1.807, 2.05) is 0 Å². The van der Waals surface area contributed by atoms with Gasteiger partial charge in [-0.1, -0.05) is 13.5 Å². The minimum absolute atomic E-state index is 0.306. The van der Waals surface area contributed by atoms with Gasteiger partial charge in [-0.2, -0.15) is 0 Å². The Morgan fingerprint density at radius 1 is 1.58 bits per heavy atom. The third kappa shape index (κ3) is 3.54. The lowest BCUT2D eigenvalue weighted by molar-refractivity contribution is -0.142. The van der Waals surface area contributed by atoms with Crippen molar-refractivity contribution in [1.82, 2.24) is 0 Å². The van der Waals surface area contributed by atoms with Gasteiger partial charge in [-0.15, -0.1) is 0 Å². The second kappa shape index (κ2) is 4.95. The number of carboxylic acid groups (broad SMARTS) is 1. The van der Waals surface area contributed by atoms with E-state index < -0.39 is 16.5 Å². The van der Waals surface area contributed by atoms with Crippen LogP contribution in [0.3, 0.4) is 0 Å². The molecule has 0 aliphatic heterocycles. The Labute approximate surface area is 74.3 Å². The predicted octanol–water partition coefficient (Wildman–Crippen LogP) is 0.615. The highest BCUT2D eigenvalue weighted by Crippen LogP contribution is 2.15. The Kier molecular flexibility index (Phi) is 4.61. The van der Waals surface area contributed by atoms with E-state index in [0.717, 1.165) is 0 Å². The van der Waals surface area contributed by atoms with E-state index >= 15 is 0 Å². The number of carbonyl (C=O) groups excluding carboxylic acids is 1. The molecule has 0 aliphatic carbocycles. The van der Waals surface area contributed by atoms with Crippen LogP contribution in [0.15, 0.2) is 12.2 Å². The first-order valence-electron chi connectivity index (χ1n) is 3.28. The number of aliphatic hydroxyl groups excluding tert-OH is 1. The Bertz CT molecular complexity index is 211. The topological polar surface area (TPSA) is 74.6 Å². The molecule has 12 heavy (non-hydrogen) atoms. The lowest BCUT2D eigenvalue weighted by Gasteiger charge is -2.03. The summed E-state index contributed by atoms with van der Waals surface area (Å²) in [6.45, 7) is 5.14. The molecule has 0 saturated carbocycles. The highest BCUT2D eigenvalue weighted by Gasteiger charge is 2.19. The molecule has 0 heterocycles. The van der Waals surface area contributed by atoms with Crippen LogP contribution in [0.4, 0.5) is 0 Å². The van der Waals surface area contributed by atoms with Gasteiger partial charge in [0.25, 0.3) is 0 Å². The van der Waals surface area contributed by atoms with Crippen LogP contribution in [0.2, 0.25) is 0 Å². The number of thioether (sulfide) groups is 1. The van der Waals surface area contributed by atoms with Crippen molar-refractivity contribution in [2.75, 3.05) is 0 Å². The highest BCUT2D eigenvalue weighted by atomic mass is 32.2. The van der Waals surface area contributed by atoms with Gasteiger partial charge >= 0.3 is 5.97 Å². The fourth-order valence-corrected chi connectivity index (χ4v) is 0.994. The summed E-state index contributed by atoms with van der Waals surface area (Å²) >= 11 is 0.358. The average Bonchev–Trinajstić information content (AvgIpc) is 2.02. The zero-order chi connectivity index (χ0) is 9.72. The van der Waals surface area contributed by atoms with Crippen LogP contribution in [0, 0.1) is 0 Å². The summed E-state index contributed by atoms with van der Waals surface area (Å²) in [7, 11) is 0. The molecule has 0 saturated heterocycles. The molecule has 0 fully saturated rings. The maximum atomic E-state index is 10.9. The number of hydrogen-bond donors (Lipinski definition) is 2. The number of carboxylic acids is 1. The Morgan fingerprint density at radius 2 is 2.08 bits per heavy atom. The predicted molar refractivity (Wildman–Crippen MR) is 45.7 cm³/mol. The van der Waals surface area contributed by atoms with E-state index in [2.05, 4.69) is 6.58 Å². The summed E-state index contributed by atoms with van der Waals surface area (Å²) in [6.07, 6.45) is 0.457. The molecule has 0 radical (unpaired) electrons. The maximum absolute atomic E-state index is 10.9. The van der Waals surface area contributed by atoms with Gasteiger partial charge < -0.3 is 10.2 Å². The van der Waals surface area contributed by atoms with E-state index in [4.69, 9.17) is 10.2 Å². The summed E-state index contributed by atoms with van der Waals surface area (Å²) in [4.78, 5) is 21.0. The minimum Gasteiger partial charge on any atom is -0.479 e. The third-order valence-corrected chi connectivity index (χ3v) is 2.07. The van der Waals surface area contributed by atoms with E-state index in [1.54, 1.807) is 6.92 Å². The first kappa shape index (κ1) is 11.2. The minimum atomic E-state index is -1.69. The molecule has 0 aromatic rings. The van der Waals surface area contributed by atoms with E-state index in [1.165, 1.54) is 0 Å². The van der Waals surface area contributed by atoms with Crippen molar-refractivity contribution in [2.45, 2.75) is 18.8 Å². The fourth-order valence-electron chi connectivity index (χ4n) is 0.379. The van der Waals surface area contributed by atoms with Crippen LogP contribution in [-0.4, -0.2) is 26.7 Å². The zero-order valence-electron chi connectivity index (χ0n) is 6.61. The van der Waals surface area contributed by atoms with Gasteiger partial charge in [-0.05, 0) is 23.8 Å². The molecule has 0 amide bonds. The second-order valence-electron chi connectivity index (χ2n) is 2.05. The molecular weight excluding hydrogens is 180 g/mol. The first-order chi connectivity index (χ1) is 5.49. The number of aliphatic hydroxyl groups is 1. The summed E-state index contributed by atoms with van der Waals surface area (Å²) in [5.74, 6) is -1.42. The monoisotopic (exact) mass is 190 g/mol. The molecular formula is C7H10O4S. The van der Waals surface area contributed by atoms with Gasteiger partial charge in [-0.25, -0.2) is 4.79 Å². The smallest absolute Gasteiger partial charge is 0.343 e. The molecule has 0 aromatic heterocycles. The van der Waals surface area contributed by atoms with Crippen molar-refractivity contribution in [3.8, 4) is 0 Å². The van der Waals surface area contributed by atoms with E-state index in [9.17, 15) is 9.59 Å². The standard InChI is InChI=1S/C7H10O4S/c1-3-4(2)6(10)12-7(11)5(8)9/h7,11H,2-3H2,1H3,(H,8,9). The van der Waals surface area contributed by atoms with Crippen LogP contribution in [-0.2, 0) is 9.59 Å². The van der Waals surface area contributed by atoms with Crippen LogP contribution in [0.1, 0.15) is 13.3 Å². The Balaban J connectivity index is 4.01. The SMILES string of the molecule is C=C(CC)C(=O)SC(O)C(=O)O. The van der Waals surface area contributed by atoms with Crippen molar-refractivity contribution in [1.29, 1.82) is 0 Å². The van der Waals surface area contributed by atoms with Crippen molar-refractivity contribution in [3.05, 3.63) is 12.2 Å². The maximum Gasteiger partial charge on any atom is 0.343 e. The number of carbonyl (C=O) groups is 2. The number of rotatable bonds is 4. The van der Waals surface area contributed by atoms with Crippen LogP contribution in [0.25, 0.3) is 0 Å². The van der Waals surface area contributed by atoms with Gasteiger partial charge in [0, 0.05) is 0 Å². The lowest BCUT2D eigenvalue weighted by Crippen LogP contribution is -2.17. The van der Waals surface area contributed by atoms with Gasteiger partial charge in [0.2, 0.25) is 10.6 Å². The largest absolute Gasteiger partial charge is 0.479 e. The fraction of sp³-hybridized carbons (Fsp3) is 0.429. The molecule has 1 unspecified atom stereocenters. The molecule has 68 valence electrons. The van der Waals surface area contributed by atoms with Gasteiger partial charge in [-0.3, -0.25) is 4.79 Å². The van der Waals surface area contributed by atoms with Crippen molar-refractivity contribution >= 4 is 22.8 Å². The summed E-state index contributed by atoms with van der Waals surface area (Å²) in [6, 6.07) is 0. The molecule has 1 atom stereocenters. The molecule has 2 N–H and O–H groups in total. The zero-order valence-corrected chi connectivity index (χ0v) is 7.43. The van der Waals surface area contributed by atoms with Gasteiger partial charge in [0.1, 0.15) is 0 Å². The normalized spacial score (nSPS) is 12.2. The third-order valence-electron chi connectivity index (χ3n) is 1.15. The van der Waals surface area contributed by atoms with E-state index in [-0.39, 0.29) is 0 Å². The molecule has 5 heteroatoms. The highest BCUT2D eigenvalue weighted by molar-refractivity contribution is 8.15. The van der Waals surface area contributed by atoms with Gasteiger partial charge in [0.15, 0.2) is 0 Å². The van der Waals surface area contributed by atoms with Crippen molar-refractivity contribution in [3.63, 3.8) is 0 Å². The number of aliphatic carboxylic acids is 1. The summed E-state index contributed by atoms with van der Waals surface area (Å²) in [5, 5.41) is 16.5. The average molecular weight is 190 g/mol. The molecule has 4 nitrogen and oxygen atoms in total. The number of hydrogen-bond acceptors (Lipinski definition) is 4. The lowest BCUT2D eigenvalue weighted by atomic mass is 10.3. The van der Waals surface area contributed by atoms with Crippen LogP contribution < -0.4 is 0 Å². The van der Waals surface area contributed by atoms with Crippen molar-refractivity contribution in [2.24, 2.45) is 0 Å². The molecule has 0 aliphatic rings. The quantitative estimate of drug-likeness (QED) is 0.502. The molecule has 0 rings (SSSR count). The second-order valence-corrected chi connectivity index (χ2v) is 3.11. The Morgan fingerprint density at radius 3 is 2.42 bits per heavy atom. The van der Waals surface area contributed by atoms with Crippen LogP contribution >= 0.6 is 11.8 Å². The molecule has 0 aromatic carbocycles. The molecule has 0 spiro atoms. The Hall–Kier alpha value is -0.810. The summed E-state index contributed by atoms with van der Waals surface area (Å²) in [5.41, 5.74) is -1.39. The first-order valence-corrected chi connectivity index (χ1v) is 4.16. The van der Waals surface area contributed by atoms with Gasteiger partial charge in [0.05, 0.1) is 0 Å². The van der Waals surface area contributed by atoms with Crippen LogP contribution in [0.5, 0.6) is 0 Å².